The van der Waals surface area contributed by atoms with Gasteiger partial charge in [0.05, 0.1) is 24.3 Å². The number of carbonyl (C=O) groups excluding carboxylic acids is 1. The summed E-state index contributed by atoms with van der Waals surface area (Å²) in [6.45, 7) is 3.37. The minimum absolute atomic E-state index is 0.136. The maximum atomic E-state index is 11.8. The SMILES string of the molecule is CC1(CNC(=O)c2cc([N+](=O)[O-])c[nH]c2=O)COC1. The summed E-state index contributed by atoms with van der Waals surface area (Å²) in [7, 11) is 0. The largest absolute Gasteiger partial charge is 0.380 e. The van der Waals surface area contributed by atoms with E-state index in [0.717, 1.165) is 12.3 Å². The number of hydrogen-bond donors (Lipinski definition) is 2. The van der Waals surface area contributed by atoms with E-state index in [1.165, 1.54) is 0 Å². The van der Waals surface area contributed by atoms with E-state index in [1.807, 2.05) is 6.92 Å². The standard InChI is InChI=1S/C11H13N3O5/c1-11(5-19-6-11)4-13-10(16)8-2-7(14(17)18)3-12-9(8)15/h2-3H,4-6H2,1H3,(H,12,15)(H,13,16). The van der Waals surface area contributed by atoms with E-state index in [2.05, 4.69) is 10.3 Å². The zero-order valence-corrected chi connectivity index (χ0v) is 10.3. The van der Waals surface area contributed by atoms with Crippen molar-refractivity contribution in [1.82, 2.24) is 10.3 Å². The van der Waals surface area contributed by atoms with Crippen LogP contribution >= 0.6 is 0 Å². The van der Waals surface area contributed by atoms with Crippen LogP contribution in [0.2, 0.25) is 0 Å². The lowest BCUT2D eigenvalue weighted by molar-refractivity contribution is -0.385. The van der Waals surface area contributed by atoms with Crippen molar-refractivity contribution in [3.05, 3.63) is 38.3 Å². The minimum atomic E-state index is -0.673. The Bertz CT molecular complexity index is 576. The second-order valence-electron chi connectivity index (χ2n) is 4.84. The molecule has 102 valence electrons. The molecule has 8 heteroatoms. The van der Waals surface area contributed by atoms with Crippen LogP contribution < -0.4 is 10.9 Å². The average Bonchev–Trinajstić information content (AvgIpc) is 2.34. The zero-order valence-electron chi connectivity index (χ0n) is 10.3. The molecule has 0 atom stereocenters. The number of amides is 1. The van der Waals surface area contributed by atoms with Crippen molar-refractivity contribution in [3.63, 3.8) is 0 Å². The molecule has 8 nitrogen and oxygen atoms in total. The van der Waals surface area contributed by atoms with E-state index in [4.69, 9.17) is 4.74 Å². The summed E-state index contributed by atoms with van der Waals surface area (Å²) >= 11 is 0. The first-order chi connectivity index (χ1) is 8.91. The molecule has 0 saturated carbocycles. The Balaban J connectivity index is 2.12. The number of nitrogens with zero attached hydrogens (tertiary/aromatic N) is 1. The number of nitrogens with one attached hydrogen (secondary N) is 2. The second-order valence-corrected chi connectivity index (χ2v) is 4.84. The molecule has 1 aromatic heterocycles. The van der Waals surface area contributed by atoms with Gasteiger partial charge in [0.2, 0.25) is 0 Å². The number of rotatable bonds is 4. The van der Waals surface area contributed by atoms with Crippen molar-refractivity contribution in [2.24, 2.45) is 5.41 Å². The van der Waals surface area contributed by atoms with E-state index in [1.54, 1.807) is 0 Å². The van der Waals surface area contributed by atoms with Gasteiger partial charge in [0.15, 0.2) is 0 Å². The molecule has 1 saturated heterocycles. The fraction of sp³-hybridized carbons (Fsp3) is 0.455. The molecule has 1 amide bonds. The summed E-state index contributed by atoms with van der Waals surface area (Å²) < 4.78 is 5.04. The molecule has 2 rings (SSSR count). The molecular formula is C11H13N3O5. The topological polar surface area (TPSA) is 114 Å². The molecule has 0 spiro atoms. The average molecular weight is 267 g/mol. The number of aromatic amines is 1. The third-order valence-corrected chi connectivity index (χ3v) is 2.92. The number of pyridine rings is 1. The lowest BCUT2D eigenvalue weighted by Crippen LogP contribution is -2.49. The van der Waals surface area contributed by atoms with Gasteiger partial charge in [0.25, 0.3) is 17.2 Å². The van der Waals surface area contributed by atoms with Crippen molar-refractivity contribution >= 4 is 11.6 Å². The molecule has 0 aliphatic carbocycles. The number of H-pyrrole nitrogens is 1. The number of hydrogen-bond acceptors (Lipinski definition) is 5. The van der Waals surface area contributed by atoms with Crippen LogP contribution in [0.15, 0.2) is 17.1 Å². The van der Waals surface area contributed by atoms with Gasteiger partial charge in [0, 0.05) is 18.0 Å². The number of carbonyl (C=O) groups is 1. The minimum Gasteiger partial charge on any atom is -0.380 e. The quantitative estimate of drug-likeness (QED) is 0.591. The molecular weight excluding hydrogens is 254 g/mol. The predicted molar refractivity (Wildman–Crippen MR) is 65.0 cm³/mol. The molecule has 1 aliphatic heterocycles. The van der Waals surface area contributed by atoms with Crippen LogP contribution in [-0.4, -0.2) is 35.6 Å². The highest BCUT2D eigenvalue weighted by Crippen LogP contribution is 2.25. The molecule has 19 heavy (non-hydrogen) atoms. The summed E-state index contributed by atoms with van der Waals surface area (Å²) in [5, 5.41) is 13.2. The Hall–Kier alpha value is -2.22. The highest BCUT2D eigenvalue weighted by Gasteiger charge is 2.33. The summed E-state index contributed by atoms with van der Waals surface area (Å²) in [5.74, 6) is -0.627. The third kappa shape index (κ3) is 2.79. The van der Waals surface area contributed by atoms with Crippen LogP contribution in [0.5, 0.6) is 0 Å². The number of ether oxygens (including phenoxy) is 1. The van der Waals surface area contributed by atoms with E-state index in [9.17, 15) is 19.7 Å². The predicted octanol–water partition coefficient (Wildman–Crippen LogP) is 0.0494. The maximum Gasteiger partial charge on any atom is 0.286 e. The van der Waals surface area contributed by atoms with Gasteiger partial charge in [-0.05, 0) is 0 Å². The Kier molecular flexibility index (Phi) is 3.34. The zero-order chi connectivity index (χ0) is 14.0. The smallest absolute Gasteiger partial charge is 0.286 e. The summed E-state index contributed by atoms with van der Waals surface area (Å²) in [6.07, 6.45) is 0.959. The van der Waals surface area contributed by atoms with Crippen LogP contribution in [0, 0.1) is 15.5 Å². The molecule has 0 bridgehead atoms. The second kappa shape index (κ2) is 4.81. The molecule has 1 fully saturated rings. The fourth-order valence-corrected chi connectivity index (χ4v) is 1.69. The molecule has 2 N–H and O–H groups in total. The van der Waals surface area contributed by atoms with E-state index in [-0.39, 0.29) is 16.7 Å². The third-order valence-electron chi connectivity index (χ3n) is 2.92. The molecule has 2 heterocycles. The van der Waals surface area contributed by atoms with Crippen molar-refractivity contribution < 1.29 is 14.5 Å². The van der Waals surface area contributed by atoms with Crippen molar-refractivity contribution in [2.75, 3.05) is 19.8 Å². The lowest BCUT2D eigenvalue weighted by Gasteiger charge is -2.37. The first kappa shape index (κ1) is 13.2. The van der Waals surface area contributed by atoms with Crippen LogP contribution in [0.1, 0.15) is 17.3 Å². The van der Waals surface area contributed by atoms with Crippen LogP contribution in [0.3, 0.4) is 0 Å². The van der Waals surface area contributed by atoms with Gasteiger partial charge in [-0.15, -0.1) is 0 Å². The van der Waals surface area contributed by atoms with Gasteiger partial charge in [-0.2, -0.15) is 0 Å². The number of aromatic nitrogens is 1. The van der Waals surface area contributed by atoms with E-state index < -0.39 is 16.4 Å². The van der Waals surface area contributed by atoms with Crippen LogP contribution in [0.25, 0.3) is 0 Å². The Morgan fingerprint density at radius 2 is 2.32 bits per heavy atom. The first-order valence-corrected chi connectivity index (χ1v) is 5.64. The lowest BCUT2D eigenvalue weighted by atomic mass is 9.89. The van der Waals surface area contributed by atoms with Gasteiger partial charge in [0.1, 0.15) is 5.56 Å². The molecule has 1 aromatic rings. The van der Waals surface area contributed by atoms with Crippen molar-refractivity contribution in [3.8, 4) is 0 Å². The monoisotopic (exact) mass is 267 g/mol. The van der Waals surface area contributed by atoms with Crippen LogP contribution in [0.4, 0.5) is 5.69 Å². The summed E-state index contributed by atoms with van der Waals surface area (Å²) in [6, 6.07) is 0.966. The maximum absolute atomic E-state index is 11.8. The normalized spacial score (nSPS) is 16.5. The Labute approximate surface area is 107 Å². The van der Waals surface area contributed by atoms with E-state index in [0.29, 0.717) is 19.8 Å². The molecule has 1 aliphatic rings. The highest BCUT2D eigenvalue weighted by molar-refractivity contribution is 5.94. The Morgan fingerprint density at radius 1 is 1.63 bits per heavy atom. The Morgan fingerprint density at radius 3 is 2.84 bits per heavy atom. The van der Waals surface area contributed by atoms with Crippen molar-refractivity contribution in [2.45, 2.75) is 6.92 Å². The fourth-order valence-electron chi connectivity index (χ4n) is 1.69. The van der Waals surface area contributed by atoms with Gasteiger partial charge >= 0.3 is 0 Å². The first-order valence-electron chi connectivity index (χ1n) is 5.64. The highest BCUT2D eigenvalue weighted by atomic mass is 16.6. The summed E-state index contributed by atoms with van der Waals surface area (Å²) in [5.41, 5.74) is -1.39. The molecule has 0 radical (unpaired) electrons. The van der Waals surface area contributed by atoms with Gasteiger partial charge in [-0.1, -0.05) is 6.92 Å². The molecule has 0 aromatic carbocycles. The molecule has 0 unspecified atom stereocenters. The number of nitro groups is 1. The van der Waals surface area contributed by atoms with Crippen molar-refractivity contribution in [1.29, 1.82) is 0 Å². The van der Waals surface area contributed by atoms with Gasteiger partial charge in [-0.3, -0.25) is 19.7 Å². The van der Waals surface area contributed by atoms with Gasteiger partial charge < -0.3 is 15.0 Å². The van der Waals surface area contributed by atoms with Crippen LogP contribution in [-0.2, 0) is 4.74 Å². The van der Waals surface area contributed by atoms with E-state index >= 15 is 0 Å². The summed E-state index contributed by atoms with van der Waals surface area (Å²) in [4.78, 5) is 35.4. The van der Waals surface area contributed by atoms with Gasteiger partial charge in [-0.25, -0.2) is 0 Å².